The van der Waals surface area contributed by atoms with Gasteiger partial charge in [0.25, 0.3) is 0 Å². The van der Waals surface area contributed by atoms with Crippen molar-refractivity contribution in [1.82, 2.24) is 24.1 Å². The average molecular weight is 902 g/mol. The highest BCUT2D eigenvalue weighted by atomic mass is 32.1. The Bertz CT molecular complexity index is 4440. The van der Waals surface area contributed by atoms with Crippen LogP contribution < -0.4 is 0 Å². The van der Waals surface area contributed by atoms with Crippen LogP contribution in [-0.2, 0) is 0 Å². The van der Waals surface area contributed by atoms with Gasteiger partial charge in [0.15, 0.2) is 11.6 Å². The van der Waals surface area contributed by atoms with Gasteiger partial charge in [-0.3, -0.25) is 4.57 Å². The molecule has 0 unspecified atom stereocenters. The van der Waals surface area contributed by atoms with Crippen LogP contribution in [0.4, 0.5) is 0 Å². The van der Waals surface area contributed by atoms with E-state index >= 15 is 0 Å². The highest BCUT2D eigenvalue weighted by molar-refractivity contribution is 7.26. The van der Waals surface area contributed by atoms with Crippen LogP contribution in [0.2, 0.25) is 0 Å². The molecule has 0 radical (unpaired) electrons. The topological polar surface area (TPSA) is 48.5 Å². The van der Waals surface area contributed by atoms with Gasteiger partial charge in [0.2, 0.25) is 5.95 Å². The fraction of sp³-hybridized carbons (Fsp3) is 0. The number of fused-ring (bicyclic) bond motifs is 13. The molecule has 0 atom stereocenters. The number of aromatic nitrogens is 5. The van der Waals surface area contributed by atoms with Crippen molar-refractivity contribution in [3.63, 3.8) is 0 Å². The highest BCUT2D eigenvalue weighted by Crippen LogP contribution is 2.44. The maximum absolute atomic E-state index is 5.52. The molecule has 0 N–H and O–H groups in total. The molecule has 316 valence electrons. The van der Waals surface area contributed by atoms with Crippen LogP contribution in [0.1, 0.15) is 0 Å². The lowest BCUT2D eigenvalue weighted by atomic mass is 9.97. The number of hydrogen-bond donors (Lipinski definition) is 0. The second kappa shape index (κ2) is 14.5. The zero-order valence-electron chi connectivity index (χ0n) is 36.3. The van der Waals surface area contributed by atoms with Crippen molar-refractivity contribution in [3.05, 3.63) is 212 Å². The third-order valence-corrected chi connectivity index (χ3v) is 16.2. The molecule has 5 heterocycles. The number of thiophene rings is 2. The van der Waals surface area contributed by atoms with Gasteiger partial charge in [-0.2, -0.15) is 9.97 Å². The molecule has 5 nitrogen and oxygen atoms in total. The summed E-state index contributed by atoms with van der Waals surface area (Å²) in [7, 11) is 0. The van der Waals surface area contributed by atoms with Crippen molar-refractivity contribution in [2.75, 3.05) is 0 Å². The first-order valence-corrected chi connectivity index (χ1v) is 24.5. The average Bonchev–Trinajstić information content (AvgIpc) is 4.15. The number of benzene rings is 10. The van der Waals surface area contributed by atoms with E-state index in [4.69, 9.17) is 15.0 Å². The summed E-state index contributed by atoms with van der Waals surface area (Å²) in [6.07, 6.45) is 0. The molecule has 0 spiro atoms. The summed E-state index contributed by atoms with van der Waals surface area (Å²) in [5.74, 6) is 1.88. The molecular weight excluding hydrogens is 867 g/mol. The standard InChI is InChI=1S/C61H35N5S2/c1-2-16-36(17-3-1)37-22-12-24-39-38(37)23-15-31-51(39)65-50-29-8-4-18-40(50)48-35-54-49(34-53(48)65)41-19-5-9-30-52(41)66(54)61-63-59(46-27-13-25-44-42-20-6-10-32-55(42)67-57(44)46)62-60(64-61)47-28-14-26-45-43-21-7-11-33-56(43)68-58(45)47/h1-35H. The van der Waals surface area contributed by atoms with E-state index in [1.54, 1.807) is 22.7 Å². The monoisotopic (exact) mass is 901 g/mol. The van der Waals surface area contributed by atoms with Gasteiger partial charge in [0, 0.05) is 78.4 Å². The summed E-state index contributed by atoms with van der Waals surface area (Å²) in [5.41, 5.74) is 9.93. The number of rotatable bonds is 5. The first-order valence-electron chi connectivity index (χ1n) is 22.9. The van der Waals surface area contributed by atoms with E-state index in [1.807, 2.05) is 0 Å². The Morgan fingerprint density at radius 3 is 1.37 bits per heavy atom. The van der Waals surface area contributed by atoms with Gasteiger partial charge >= 0.3 is 0 Å². The summed E-state index contributed by atoms with van der Waals surface area (Å²) in [5, 5.41) is 11.9. The quantitative estimate of drug-likeness (QED) is 0.173. The van der Waals surface area contributed by atoms with Crippen LogP contribution in [-0.4, -0.2) is 24.1 Å². The molecule has 0 amide bonds. The lowest BCUT2D eigenvalue weighted by Gasteiger charge is -2.14. The molecule has 5 aromatic heterocycles. The first-order chi connectivity index (χ1) is 33.7. The van der Waals surface area contributed by atoms with E-state index in [2.05, 4.69) is 221 Å². The van der Waals surface area contributed by atoms with E-state index in [0.29, 0.717) is 17.6 Å². The molecular formula is C61H35N5S2. The molecule has 0 aliphatic carbocycles. The first kappa shape index (κ1) is 37.7. The van der Waals surface area contributed by atoms with Crippen molar-refractivity contribution in [2.45, 2.75) is 0 Å². The second-order valence-electron chi connectivity index (χ2n) is 17.5. The normalized spacial score (nSPS) is 12.1. The van der Waals surface area contributed by atoms with E-state index in [1.165, 1.54) is 58.2 Å². The zero-order chi connectivity index (χ0) is 44.5. The molecule has 0 aliphatic rings. The largest absolute Gasteiger partial charge is 0.309 e. The van der Waals surface area contributed by atoms with E-state index in [0.717, 1.165) is 64.4 Å². The predicted octanol–water partition coefficient (Wildman–Crippen LogP) is 17.0. The third-order valence-electron chi connectivity index (χ3n) is 13.8. The van der Waals surface area contributed by atoms with Crippen LogP contribution in [0.3, 0.4) is 0 Å². The number of hydrogen-bond acceptors (Lipinski definition) is 5. The van der Waals surface area contributed by atoms with Crippen molar-refractivity contribution in [1.29, 1.82) is 0 Å². The highest BCUT2D eigenvalue weighted by Gasteiger charge is 2.24. The van der Waals surface area contributed by atoms with Gasteiger partial charge in [0.05, 0.1) is 27.8 Å². The van der Waals surface area contributed by atoms with Gasteiger partial charge < -0.3 is 4.57 Å². The number of nitrogens with zero attached hydrogens (tertiary/aromatic N) is 5. The van der Waals surface area contributed by atoms with Crippen molar-refractivity contribution >= 4 is 117 Å². The van der Waals surface area contributed by atoms with E-state index in [-0.39, 0.29) is 0 Å². The van der Waals surface area contributed by atoms with Crippen LogP contribution in [0.25, 0.3) is 140 Å². The minimum Gasteiger partial charge on any atom is -0.309 e. The Hall–Kier alpha value is -8.49. The summed E-state index contributed by atoms with van der Waals surface area (Å²) in [6.45, 7) is 0. The van der Waals surface area contributed by atoms with Gasteiger partial charge in [0.1, 0.15) is 0 Å². The lowest BCUT2D eigenvalue weighted by Crippen LogP contribution is -2.06. The molecule has 7 heteroatoms. The molecule has 68 heavy (non-hydrogen) atoms. The maximum Gasteiger partial charge on any atom is 0.238 e. The Labute approximate surface area is 397 Å². The molecule has 0 saturated carbocycles. The predicted molar refractivity (Wildman–Crippen MR) is 288 cm³/mol. The second-order valence-corrected chi connectivity index (χ2v) is 19.6. The molecule has 0 bridgehead atoms. The zero-order valence-corrected chi connectivity index (χ0v) is 37.9. The minimum atomic E-state index is 0.581. The summed E-state index contributed by atoms with van der Waals surface area (Å²) < 4.78 is 9.54. The van der Waals surface area contributed by atoms with Crippen LogP contribution in [0.15, 0.2) is 212 Å². The lowest BCUT2D eigenvalue weighted by molar-refractivity contribution is 0.956. The molecule has 10 aromatic carbocycles. The fourth-order valence-electron chi connectivity index (χ4n) is 10.8. The molecule has 0 saturated heterocycles. The maximum atomic E-state index is 5.52. The van der Waals surface area contributed by atoms with Crippen LogP contribution >= 0.6 is 22.7 Å². The van der Waals surface area contributed by atoms with Crippen molar-refractivity contribution in [2.24, 2.45) is 0 Å². The van der Waals surface area contributed by atoms with Gasteiger partial charge in [-0.25, -0.2) is 4.98 Å². The smallest absolute Gasteiger partial charge is 0.238 e. The Kier molecular flexibility index (Phi) is 8.04. The Balaban J connectivity index is 1.02. The molecule has 0 fully saturated rings. The van der Waals surface area contributed by atoms with Crippen LogP contribution in [0.5, 0.6) is 0 Å². The van der Waals surface area contributed by atoms with Crippen molar-refractivity contribution in [3.8, 4) is 45.5 Å². The fourth-order valence-corrected chi connectivity index (χ4v) is 13.2. The third kappa shape index (κ3) is 5.45. The summed E-state index contributed by atoms with van der Waals surface area (Å²) in [6, 6.07) is 76.7. The minimum absolute atomic E-state index is 0.581. The van der Waals surface area contributed by atoms with Gasteiger partial charge in [-0.15, -0.1) is 22.7 Å². The molecule has 15 rings (SSSR count). The summed E-state index contributed by atoms with van der Waals surface area (Å²) >= 11 is 3.59. The van der Waals surface area contributed by atoms with E-state index < -0.39 is 0 Å². The van der Waals surface area contributed by atoms with Crippen LogP contribution in [0, 0.1) is 0 Å². The van der Waals surface area contributed by atoms with Gasteiger partial charge in [-0.1, -0.05) is 158 Å². The molecule has 15 aromatic rings. The van der Waals surface area contributed by atoms with E-state index in [9.17, 15) is 0 Å². The number of para-hydroxylation sites is 2. The van der Waals surface area contributed by atoms with Crippen molar-refractivity contribution < 1.29 is 0 Å². The molecule has 0 aliphatic heterocycles. The van der Waals surface area contributed by atoms with Gasteiger partial charge in [-0.05, 0) is 71.1 Å². The SMILES string of the molecule is c1ccc(-c2cccc3c(-n4c5ccccc5c5cc6c(cc54)c4ccccc4n6-c4nc(-c5cccc6c5sc5ccccc56)nc(-c5cccc6c5sc5ccccc56)n4)cccc23)cc1. The Morgan fingerprint density at radius 1 is 0.294 bits per heavy atom. The summed E-state index contributed by atoms with van der Waals surface area (Å²) in [4.78, 5) is 16.5. The Morgan fingerprint density at radius 2 is 0.750 bits per heavy atom.